The summed E-state index contributed by atoms with van der Waals surface area (Å²) < 4.78 is 17.5. The van der Waals surface area contributed by atoms with Gasteiger partial charge in [0.2, 0.25) is 11.8 Å². The van der Waals surface area contributed by atoms with E-state index in [1.807, 2.05) is 62.4 Å². The summed E-state index contributed by atoms with van der Waals surface area (Å²) in [5.74, 6) is 0.706. The van der Waals surface area contributed by atoms with Crippen LogP contribution in [0.25, 0.3) is 10.8 Å². The van der Waals surface area contributed by atoms with Gasteiger partial charge >= 0.3 is 0 Å². The van der Waals surface area contributed by atoms with Gasteiger partial charge in [-0.1, -0.05) is 68.4 Å². The van der Waals surface area contributed by atoms with Crippen LogP contribution >= 0.6 is 0 Å². The minimum Gasteiger partial charge on any atom is -0.493 e. The largest absolute Gasteiger partial charge is 0.493 e. The molecule has 0 unspecified atom stereocenters. The number of benzene rings is 3. The lowest BCUT2D eigenvalue weighted by molar-refractivity contribution is -0.161. The van der Waals surface area contributed by atoms with Gasteiger partial charge in [0.25, 0.3) is 0 Å². The van der Waals surface area contributed by atoms with E-state index in [1.54, 1.807) is 4.90 Å². The van der Waals surface area contributed by atoms with Gasteiger partial charge < -0.3 is 30.2 Å². The molecule has 0 saturated heterocycles. The zero-order valence-corrected chi connectivity index (χ0v) is 24.8. The molecule has 0 aliphatic carbocycles. The van der Waals surface area contributed by atoms with E-state index in [0.29, 0.717) is 38.7 Å². The van der Waals surface area contributed by atoms with Crippen LogP contribution in [0, 0.1) is 5.92 Å². The summed E-state index contributed by atoms with van der Waals surface area (Å²) >= 11 is 0. The van der Waals surface area contributed by atoms with Crippen molar-refractivity contribution in [1.82, 2.24) is 10.2 Å². The summed E-state index contributed by atoms with van der Waals surface area (Å²) in [6, 6.07) is 21.0. The number of hydrogen-bond acceptors (Lipinski definition) is 6. The minimum absolute atomic E-state index is 0.135. The zero-order chi connectivity index (χ0) is 29.6. The number of ether oxygens (including phenoxy) is 3. The van der Waals surface area contributed by atoms with Crippen molar-refractivity contribution >= 4 is 22.6 Å². The van der Waals surface area contributed by atoms with E-state index in [4.69, 9.17) is 19.9 Å². The Labute approximate surface area is 244 Å². The van der Waals surface area contributed by atoms with Gasteiger partial charge in [0.1, 0.15) is 11.8 Å². The lowest BCUT2D eigenvalue weighted by Gasteiger charge is -2.31. The van der Waals surface area contributed by atoms with Gasteiger partial charge in [-0.2, -0.15) is 0 Å². The van der Waals surface area contributed by atoms with Gasteiger partial charge in [0, 0.05) is 39.1 Å². The number of nitrogens with one attached hydrogen (secondary N) is 1. The van der Waals surface area contributed by atoms with E-state index in [0.717, 1.165) is 27.6 Å². The second-order valence-corrected chi connectivity index (χ2v) is 10.4. The average molecular weight is 564 g/mol. The van der Waals surface area contributed by atoms with Crippen LogP contribution in [0.4, 0.5) is 0 Å². The predicted molar refractivity (Wildman–Crippen MR) is 162 cm³/mol. The molecule has 0 spiro atoms. The lowest BCUT2D eigenvalue weighted by atomic mass is 10.0. The van der Waals surface area contributed by atoms with Gasteiger partial charge in [0.05, 0.1) is 13.2 Å². The van der Waals surface area contributed by atoms with Crippen LogP contribution in [-0.4, -0.2) is 62.0 Å². The average Bonchev–Trinajstić information content (AvgIpc) is 2.96. The van der Waals surface area contributed by atoms with E-state index in [9.17, 15) is 9.59 Å². The zero-order valence-electron chi connectivity index (χ0n) is 24.8. The number of hydrogen-bond donors (Lipinski definition) is 2. The smallest absolute Gasteiger partial charge is 0.245 e. The van der Waals surface area contributed by atoms with Crippen molar-refractivity contribution in [3.05, 3.63) is 77.9 Å². The molecule has 0 aliphatic rings. The molecule has 3 aromatic carbocycles. The highest BCUT2D eigenvalue weighted by Crippen LogP contribution is 2.22. The summed E-state index contributed by atoms with van der Waals surface area (Å²) in [4.78, 5) is 28.7. The van der Waals surface area contributed by atoms with E-state index < -0.39 is 12.3 Å². The molecule has 8 nitrogen and oxygen atoms in total. The molecule has 2 amide bonds. The summed E-state index contributed by atoms with van der Waals surface area (Å²) in [5, 5.41) is 5.10. The first-order chi connectivity index (χ1) is 19.8. The van der Waals surface area contributed by atoms with Crippen LogP contribution in [0.2, 0.25) is 0 Å². The molecule has 1 atom stereocenters. The number of rotatable bonds is 17. The van der Waals surface area contributed by atoms with Crippen LogP contribution in [0.1, 0.15) is 45.2 Å². The second kappa shape index (κ2) is 16.7. The maximum absolute atomic E-state index is 14.3. The van der Waals surface area contributed by atoms with Gasteiger partial charge in [-0.25, -0.2) is 0 Å². The van der Waals surface area contributed by atoms with Crippen LogP contribution in [-0.2, 0) is 32.0 Å². The summed E-state index contributed by atoms with van der Waals surface area (Å²) in [6.45, 7) is 10.3. The molecular formula is C33H45N3O5. The summed E-state index contributed by atoms with van der Waals surface area (Å²) in [7, 11) is 0. The maximum atomic E-state index is 14.3. The highest BCUT2D eigenvalue weighted by Gasteiger charge is 2.29. The fraction of sp³-hybridized carbons (Fsp3) is 0.455. The van der Waals surface area contributed by atoms with Gasteiger partial charge in [-0.3, -0.25) is 9.59 Å². The highest BCUT2D eigenvalue weighted by molar-refractivity contribution is 5.89. The van der Waals surface area contributed by atoms with Crippen LogP contribution in [0.15, 0.2) is 66.7 Å². The van der Waals surface area contributed by atoms with Gasteiger partial charge in [-0.05, 0) is 53.8 Å². The number of carbonyl (C=O) groups is 2. The Morgan fingerprint density at radius 2 is 1.61 bits per heavy atom. The molecule has 0 fully saturated rings. The van der Waals surface area contributed by atoms with Crippen molar-refractivity contribution in [3.8, 4) is 5.75 Å². The van der Waals surface area contributed by atoms with E-state index in [-0.39, 0.29) is 31.3 Å². The van der Waals surface area contributed by atoms with Crippen LogP contribution < -0.4 is 15.8 Å². The quantitative estimate of drug-likeness (QED) is 0.231. The molecule has 0 heterocycles. The Morgan fingerprint density at radius 1 is 0.927 bits per heavy atom. The number of nitrogens with two attached hydrogens (primary N) is 1. The molecule has 0 saturated carbocycles. The normalized spacial score (nSPS) is 12.1. The fourth-order valence-corrected chi connectivity index (χ4v) is 4.61. The molecule has 3 N–H and O–H groups in total. The molecule has 41 heavy (non-hydrogen) atoms. The van der Waals surface area contributed by atoms with Crippen molar-refractivity contribution in [2.24, 2.45) is 11.7 Å². The first kappa shape index (κ1) is 32.1. The fourth-order valence-electron chi connectivity index (χ4n) is 4.61. The Hall–Kier alpha value is -3.46. The molecule has 0 bridgehead atoms. The first-order valence-corrected chi connectivity index (χ1v) is 14.5. The monoisotopic (exact) mass is 563 g/mol. The van der Waals surface area contributed by atoms with Crippen molar-refractivity contribution < 1.29 is 23.8 Å². The molecule has 3 rings (SSSR count). The van der Waals surface area contributed by atoms with Crippen LogP contribution in [0.3, 0.4) is 0 Å². The first-order valence-electron chi connectivity index (χ1n) is 14.5. The number of fused-ring (bicyclic) bond motifs is 1. The van der Waals surface area contributed by atoms with Crippen molar-refractivity contribution in [2.45, 2.75) is 59.4 Å². The third-order valence-corrected chi connectivity index (χ3v) is 6.58. The Bertz CT molecular complexity index is 1220. The standard InChI is InChI=1S/C33H45N3O5/c1-5-39-32(40-6-2)22-36(21-27-12-9-11-26-10-7-8-13-29(26)27)33(38)30(35-31(37)18-19-34)20-25-14-16-28(17-15-25)41-23-24(3)4/h7-17,24,30,32H,5-6,18-23,34H2,1-4H3,(H,35,37)/t30-/m0/s1. The molecule has 0 radical (unpaired) electrons. The lowest BCUT2D eigenvalue weighted by Crippen LogP contribution is -2.51. The van der Waals surface area contributed by atoms with E-state index in [2.05, 4.69) is 37.4 Å². The SMILES string of the molecule is CCOC(CN(Cc1cccc2ccccc12)C(=O)[C@H](Cc1ccc(OCC(C)C)cc1)NC(=O)CCN)OCC. The minimum atomic E-state index is -0.796. The Kier molecular flexibility index (Phi) is 13.1. The van der Waals surface area contributed by atoms with Crippen LogP contribution in [0.5, 0.6) is 5.75 Å². The number of nitrogens with zero attached hydrogens (tertiary/aromatic N) is 1. The number of carbonyl (C=O) groups excluding carboxylic acids is 2. The maximum Gasteiger partial charge on any atom is 0.245 e. The molecule has 3 aromatic rings. The van der Waals surface area contributed by atoms with E-state index >= 15 is 0 Å². The Balaban J connectivity index is 1.92. The van der Waals surface area contributed by atoms with Gasteiger partial charge in [-0.15, -0.1) is 0 Å². The number of amides is 2. The Morgan fingerprint density at radius 3 is 2.27 bits per heavy atom. The van der Waals surface area contributed by atoms with E-state index in [1.165, 1.54) is 0 Å². The van der Waals surface area contributed by atoms with Crippen molar-refractivity contribution in [3.63, 3.8) is 0 Å². The van der Waals surface area contributed by atoms with Crippen molar-refractivity contribution in [1.29, 1.82) is 0 Å². The third-order valence-electron chi connectivity index (χ3n) is 6.58. The predicted octanol–water partition coefficient (Wildman–Crippen LogP) is 4.68. The highest BCUT2D eigenvalue weighted by atomic mass is 16.7. The molecule has 222 valence electrons. The van der Waals surface area contributed by atoms with Crippen molar-refractivity contribution in [2.75, 3.05) is 32.9 Å². The topological polar surface area (TPSA) is 103 Å². The molecule has 0 aromatic heterocycles. The molecular weight excluding hydrogens is 518 g/mol. The molecule has 0 aliphatic heterocycles. The summed E-state index contributed by atoms with van der Waals surface area (Å²) in [6.07, 6.45) is -0.142. The van der Waals surface area contributed by atoms with Gasteiger partial charge in [0.15, 0.2) is 6.29 Å². The molecule has 8 heteroatoms. The summed E-state index contributed by atoms with van der Waals surface area (Å²) in [5.41, 5.74) is 7.55. The third kappa shape index (κ3) is 10.1. The second-order valence-electron chi connectivity index (χ2n) is 10.4.